The summed E-state index contributed by atoms with van der Waals surface area (Å²) in [7, 11) is 0. The molecule has 0 fully saturated rings. The van der Waals surface area contributed by atoms with Gasteiger partial charge in [-0.15, -0.1) is 0 Å². The number of aryl methyl sites for hydroxylation is 1. The molecule has 0 bridgehead atoms. The first-order valence-electron chi connectivity index (χ1n) is 5.93. The molecular weight excluding hydrogens is 241 g/mol. The van der Waals surface area contributed by atoms with E-state index in [0.29, 0.717) is 6.54 Å². The molecule has 1 unspecified atom stereocenters. The van der Waals surface area contributed by atoms with Crippen molar-refractivity contribution < 1.29 is 13.2 Å². The summed E-state index contributed by atoms with van der Waals surface area (Å²) < 4.78 is 37.0. The van der Waals surface area contributed by atoms with Gasteiger partial charge >= 0.3 is 6.18 Å². The number of hydrogen-bond acceptors (Lipinski definition) is 2. The maximum atomic E-state index is 12.3. The molecule has 2 N–H and O–H groups in total. The zero-order chi connectivity index (χ0) is 13.8. The van der Waals surface area contributed by atoms with E-state index in [0.717, 1.165) is 11.1 Å². The largest absolute Gasteiger partial charge is 0.401 e. The minimum absolute atomic E-state index is 0.209. The van der Waals surface area contributed by atoms with Crippen LogP contribution in [0.4, 0.5) is 13.2 Å². The molecule has 0 aromatic heterocycles. The van der Waals surface area contributed by atoms with Gasteiger partial charge in [-0.05, 0) is 24.6 Å². The molecule has 1 atom stereocenters. The summed E-state index contributed by atoms with van der Waals surface area (Å²) in [5.74, 6) is 0. The summed E-state index contributed by atoms with van der Waals surface area (Å²) in [5.41, 5.74) is 7.89. The zero-order valence-electron chi connectivity index (χ0n) is 10.7. The van der Waals surface area contributed by atoms with Crippen molar-refractivity contribution in [3.63, 3.8) is 0 Å². The summed E-state index contributed by atoms with van der Waals surface area (Å²) in [5, 5.41) is 0. The number of rotatable bonds is 5. The molecule has 0 spiro atoms. The Balaban J connectivity index is 2.68. The Morgan fingerprint density at radius 1 is 1.28 bits per heavy atom. The van der Waals surface area contributed by atoms with Crippen LogP contribution >= 0.6 is 0 Å². The SMILES string of the molecule is CCN(CC(N)c1ccccc1C)CC(F)(F)F. The Labute approximate surface area is 106 Å². The maximum Gasteiger partial charge on any atom is 0.401 e. The monoisotopic (exact) mass is 260 g/mol. The van der Waals surface area contributed by atoms with E-state index >= 15 is 0 Å². The lowest BCUT2D eigenvalue weighted by Gasteiger charge is -2.26. The van der Waals surface area contributed by atoms with Crippen LogP contribution < -0.4 is 5.73 Å². The predicted octanol–water partition coefficient (Wildman–Crippen LogP) is 2.88. The zero-order valence-corrected chi connectivity index (χ0v) is 10.7. The molecule has 0 aliphatic heterocycles. The fourth-order valence-corrected chi connectivity index (χ4v) is 1.94. The number of likely N-dealkylation sites (N-methyl/N-ethyl adjacent to an activating group) is 1. The number of alkyl halides is 3. The number of halogens is 3. The Kier molecular flexibility index (Phi) is 5.16. The molecule has 2 nitrogen and oxygen atoms in total. The van der Waals surface area contributed by atoms with Crippen molar-refractivity contribution in [2.45, 2.75) is 26.1 Å². The Hall–Kier alpha value is -1.07. The van der Waals surface area contributed by atoms with E-state index < -0.39 is 18.8 Å². The summed E-state index contributed by atoms with van der Waals surface area (Å²) in [4.78, 5) is 1.32. The average Bonchev–Trinajstić information content (AvgIpc) is 2.26. The van der Waals surface area contributed by atoms with Crippen LogP contribution in [0.3, 0.4) is 0 Å². The molecule has 5 heteroatoms. The van der Waals surface area contributed by atoms with Crippen LogP contribution in [0.5, 0.6) is 0 Å². The predicted molar refractivity (Wildman–Crippen MR) is 66.3 cm³/mol. The van der Waals surface area contributed by atoms with Gasteiger partial charge < -0.3 is 5.73 Å². The minimum atomic E-state index is -4.18. The fourth-order valence-electron chi connectivity index (χ4n) is 1.94. The highest BCUT2D eigenvalue weighted by molar-refractivity contribution is 5.28. The summed E-state index contributed by atoms with van der Waals surface area (Å²) >= 11 is 0. The molecule has 18 heavy (non-hydrogen) atoms. The summed E-state index contributed by atoms with van der Waals surface area (Å²) in [6, 6.07) is 7.12. The van der Waals surface area contributed by atoms with E-state index in [1.54, 1.807) is 6.92 Å². The second kappa shape index (κ2) is 6.20. The first-order chi connectivity index (χ1) is 8.33. The molecule has 0 aliphatic carbocycles. The van der Waals surface area contributed by atoms with Crippen molar-refractivity contribution in [1.29, 1.82) is 0 Å². The van der Waals surface area contributed by atoms with Gasteiger partial charge in [0.15, 0.2) is 0 Å². The van der Waals surface area contributed by atoms with Crippen molar-refractivity contribution in [2.75, 3.05) is 19.6 Å². The Morgan fingerprint density at radius 3 is 2.39 bits per heavy atom. The van der Waals surface area contributed by atoms with Crippen LogP contribution in [0, 0.1) is 6.92 Å². The molecule has 0 radical (unpaired) electrons. The second-order valence-corrected chi connectivity index (χ2v) is 4.41. The average molecular weight is 260 g/mol. The molecule has 0 aliphatic rings. The van der Waals surface area contributed by atoms with Crippen LogP contribution in [0.25, 0.3) is 0 Å². The highest BCUT2D eigenvalue weighted by Crippen LogP contribution is 2.20. The Bertz CT molecular complexity index is 377. The van der Waals surface area contributed by atoms with Crippen LogP contribution in [0.15, 0.2) is 24.3 Å². The molecule has 102 valence electrons. The highest BCUT2D eigenvalue weighted by atomic mass is 19.4. The van der Waals surface area contributed by atoms with E-state index in [1.165, 1.54) is 4.90 Å². The van der Waals surface area contributed by atoms with Gasteiger partial charge in [0.2, 0.25) is 0 Å². The third-order valence-electron chi connectivity index (χ3n) is 2.89. The first-order valence-corrected chi connectivity index (χ1v) is 5.93. The minimum Gasteiger partial charge on any atom is -0.323 e. The van der Waals surface area contributed by atoms with Gasteiger partial charge in [0.25, 0.3) is 0 Å². The number of hydrogen-bond donors (Lipinski definition) is 1. The molecule has 1 aromatic rings. The third-order valence-corrected chi connectivity index (χ3v) is 2.89. The van der Waals surface area contributed by atoms with Gasteiger partial charge in [-0.1, -0.05) is 31.2 Å². The highest BCUT2D eigenvalue weighted by Gasteiger charge is 2.30. The van der Waals surface area contributed by atoms with Crippen molar-refractivity contribution in [1.82, 2.24) is 4.90 Å². The molecule has 0 heterocycles. The topological polar surface area (TPSA) is 29.3 Å². The van der Waals surface area contributed by atoms with E-state index in [2.05, 4.69) is 0 Å². The third kappa shape index (κ3) is 4.66. The van der Waals surface area contributed by atoms with Crippen LogP contribution in [-0.2, 0) is 0 Å². The normalized spacial score (nSPS) is 13.9. The van der Waals surface area contributed by atoms with E-state index in [9.17, 15) is 13.2 Å². The lowest BCUT2D eigenvalue weighted by molar-refractivity contribution is -0.145. The van der Waals surface area contributed by atoms with Crippen molar-refractivity contribution in [3.8, 4) is 0 Å². The lowest BCUT2D eigenvalue weighted by atomic mass is 10.0. The van der Waals surface area contributed by atoms with E-state index in [4.69, 9.17) is 5.73 Å². The molecule has 1 rings (SSSR count). The lowest BCUT2D eigenvalue weighted by Crippen LogP contribution is -2.38. The van der Waals surface area contributed by atoms with Crippen molar-refractivity contribution in [2.24, 2.45) is 5.73 Å². The summed E-state index contributed by atoms with van der Waals surface area (Å²) in [6.45, 7) is 3.24. The van der Waals surface area contributed by atoms with Gasteiger partial charge in [-0.2, -0.15) is 13.2 Å². The molecule has 1 aromatic carbocycles. The summed E-state index contributed by atoms with van der Waals surface area (Å²) in [6.07, 6.45) is -4.18. The fraction of sp³-hybridized carbons (Fsp3) is 0.538. The maximum absolute atomic E-state index is 12.3. The van der Waals surface area contributed by atoms with Gasteiger partial charge in [0.05, 0.1) is 6.54 Å². The van der Waals surface area contributed by atoms with Crippen LogP contribution in [-0.4, -0.2) is 30.7 Å². The van der Waals surface area contributed by atoms with Gasteiger partial charge in [-0.3, -0.25) is 4.90 Å². The quantitative estimate of drug-likeness (QED) is 0.882. The van der Waals surface area contributed by atoms with Gasteiger partial charge in [0.1, 0.15) is 0 Å². The standard InChI is InChI=1S/C13H19F3N2/c1-3-18(9-13(14,15)16)8-12(17)11-7-5-4-6-10(11)2/h4-7,12H,3,8-9,17H2,1-2H3. The van der Waals surface area contributed by atoms with Crippen molar-refractivity contribution in [3.05, 3.63) is 35.4 Å². The number of benzene rings is 1. The van der Waals surface area contributed by atoms with Crippen LogP contribution in [0.1, 0.15) is 24.1 Å². The molecule has 0 amide bonds. The second-order valence-electron chi connectivity index (χ2n) is 4.41. The first kappa shape index (κ1) is 15.0. The molecule has 0 saturated heterocycles. The van der Waals surface area contributed by atoms with E-state index in [-0.39, 0.29) is 6.54 Å². The number of nitrogens with two attached hydrogens (primary N) is 1. The van der Waals surface area contributed by atoms with Crippen LogP contribution in [0.2, 0.25) is 0 Å². The van der Waals surface area contributed by atoms with Gasteiger partial charge in [0, 0.05) is 12.6 Å². The Morgan fingerprint density at radius 2 is 1.89 bits per heavy atom. The smallest absolute Gasteiger partial charge is 0.323 e. The van der Waals surface area contributed by atoms with Gasteiger partial charge in [-0.25, -0.2) is 0 Å². The molecule has 0 saturated carbocycles. The number of nitrogens with zero attached hydrogens (tertiary/aromatic N) is 1. The van der Waals surface area contributed by atoms with Crippen molar-refractivity contribution >= 4 is 0 Å². The van der Waals surface area contributed by atoms with E-state index in [1.807, 2.05) is 31.2 Å². The molecular formula is C13H19F3N2.